The molecule has 1 heterocycles. The Morgan fingerprint density at radius 3 is 2.43 bits per heavy atom. The fourth-order valence-corrected chi connectivity index (χ4v) is 3.00. The minimum absolute atomic E-state index is 0.215. The van der Waals surface area contributed by atoms with Crippen LogP contribution >= 0.6 is 0 Å². The minimum Gasteiger partial charge on any atom is -0.497 e. The summed E-state index contributed by atoms with van der Waals surface area (Å²) >= 11 is 0. The SMILES string of the molecule is COc1ccc(-c2nn(-c3ccccc3)cc2C(=O)Nc2cc(F)ccc2F)cc1. The molecule has 7 heteroatoms. The monoisotopic (exact) mass is 405 g/mol. The van der Waals surface area contributed by atoms with Gasteiger partial charge in [-0.3, -0.25) is 4.79 Å². The highest BCUT2D eigenvalue weighted by molar-refractivity contribution is 6.08. The number of anilines is 1. The Morgan fingerprint density at radius 2 is 1.73 bits per heavy atom. The van der Waals surface area contributed by atoms with Crippen molar-refractivity contribution in [2.75, 3.05) is 12.4 Å². The topological polar surface area (TPSA) is 56.2 Å². The molecule has 4 aromatic rings. The number of carbonyl (C=O) groups is 1. The number of nitrogens with zero attached hydrogens (tertiary/aromatic N) is 2. The second-order valence-electron chi connectivity index (χ2n) is 6.48. The Morgan fingerprint density at radius 1 is 1.00 bits per heavy atom. The molecule has 0 aliphatic rings. The van der Waals surface area contributed by atoms with E-state index in [1.165, 1.54) is 0 Å². The number of nitrogens with one attached hydrogen (secondary N) is 1. The van der Waals surface area contributed by atoms with E-state index >= 15 is 0 Å². The lowest BCUT2D eigenvalue weighted by Gasteiger charge is -2.07. The number of ether oxygens (including phenoxy) is 1. The number of hydrogen-bond donors (Lipinski definition) is 1. The third-order valence-electron chi connectivity index (χ3n) is 4.52. The summed E-state index contributed by atoms with van der Waals surface area (Å²) in [5.41, 5.74) is 1.80. The maximum absolute atomic E-state index is 14.0. The largest absolute Gasteiger partial charge is 0.497 e. The summed E-state index contributed by atoms with van der Waals surface area (Å²) in [7, 11) is 1.56. The molecule has 0 bridgehead atoms. The molecule has 4 rings (SSSR count). The molecule has 0 saturated heterocycles. The third kappa shape index (κ3) is 3.91. The number of benzene rings is 3. The van der Waals surface area contributed by atoms with Gasteiger partial charge in [-0.2, -0.15) is 5.10 Å². The molecule has 0 spiro atoms. The molecule has 0 aliphatic heterocycles. The number of amides is 1. The molecule has 1 aromatic heterocycles. The molecule has 5 nitrogen and oxygen atoms in total. The first-order chi connectivity index (χ1) is 14.5. The third-order valence-corrected chi connectivity index (χ3v) is 4.52. The van der Waals surface area contributed by atoms with Crippen LogP contribution in [0.3, 0.4) is 0 Å². The van der Waals surface area contributed by atoms with Gasteiger partial charge in [-0.25, -0.2) is 13.5 Å². The lowest BCUT2D eigenvalue weighted by atomic mass is 10.1. The average molecular weight is 405 g/mol. The summed E-state index contributed by atoms with van der Waals surface area (Å²) in [6.07, 6.45) is 1.56. The van der Waals surface area contributed by atoms with Gasteiger partial charge in [0.15, 0.2) is 0 Å². The average Bonchev–Trinajstić information content (AvgIpc) is 3.23. The van der Waals surface area contributed by atoms with Gasteiger partial charge in [0.05, 0.1) is 24.0 Å². The first-order valence-corrected chi connectivity index (χ1v) is 9.11. The van der Waals surface area contributed by atoms with Crippen molar-refractivity contribution in [1.82, 2.24) is 9.78 Å². The highest BCUT2D eigenvalue weighted by Gasteiger charge is 2.20. The van der Waals surface area contributed by atoms with Crippen LogP contribution in [0.15, 0.2) is 79.0 Å². The van der Waals surface area contributed by atoms with E-state index < -0.39 is 17.5 Å². The Hall–Kier alpha value is -4.00. The second kappa shape index (κ2) is 8.16. The first-order valence-electron chi connectivity index (χ1n) is 9.11. The summed E-state index contributed by atoms with van der Waals surface area (Å²) in [4.78, 5) is 13.0. The summed E-state index contributed by atoms with van der Waals surface area (Å²) in [5, 5.41) is 6.99. The lowest BCUT2D eigenvalue weighted by Crippen LogP contribution is -2.13. The smallest absolute Gasteiger partial charge is 0.259 e. The van der Waals surface area contributed by atoms with E-state index in [0.29, 0.717) is 17.0 Å². The zero-order valence-corrected chi connectivity index (χ0v) is 16.0. The van der Waals surface area contributed by atoms with Gasteiger partial charge in [0.2, 0.25) is 0 Å². The molecule has 0 saturated carbocycles. The number of para-hydroxylation sites is 1. The van der Waals surface area contributed by atoms with Crippen LogP contribution in [0, 0.1) is 11.6 Å². The Balaban J connectivity index is 1.77. The van der Waals surface area contributed by atoms with Crippen LogP contribution in [0.25, 0.3) is 16.9 Å². The van der Waals surface area contributed by atoms with Crippen LogP contribution in [0.2, 0.25) is 0 Å². The van der Waals surface area contributed by atoms with Crippen LogP contribution < -0.4 is 10.1 Å². The molecule has 1 N–H and O–H groups in total. The van der Waals surface area contributed by atoms with E-state index in [1.54, 1.807) is 42.3 Å². The van der Waals surface area contributed by atoms with E-state index in [2.05, 4.69) is 10.4 Å². The van der Waals surface area contributed by atoms with Gasteiger partial charge in [-0.15, -0.1) is 0 Å². The van der Waals surface area contributed by atoms with Crippen molar-refractivity contribution in [2.45, 2.75) is 0 Å². The van der Waals surface area contributed by atoms with Gasteiger partial charge < -0.3 is 10.1 Å². The van der Waals surface area contributed by atoms with Crippen LogP contribution in [-0.4, -0.2) is 22.8 Å². The summed E-state index contributed by atoms with van der Waals surface area (Å²) in [6.45, 7) is 0. The number of rotatable bonds is 5. The van der Waals surface area contributed by atoms with Crippen molar-refractivity contribution < 1.29 is 18.3 Å². The van der Waals surface area contributed by atoms with Gasteiger partial charge in [-0.05, 0) is 48.5 Å². The Labute approximate surface area is 171 Å². The minimum atomic E-state index is -0.730. The van der Waals surface area contributed by atoms with Gasteiger partial charge in [0.1, 0.15) is 23.1 Å². The van der Waals surface area contributed by atoms with Crippen LogP contribution in [0.1, 0.15) is 10.4 Å². The summed E-state index contributed by atoms with van der Waals surface area (Å²) in [5.74, 6) is -1.32. The van der Waals surface area contributed by atoms with Crippen molar-refractivity contribution in [3.8, 4) is 22.7 Å². The zero-order chi connectivity index (χ0) is 21.1. The molecule has 0 unspecified atom stereocenters. The number of hydrogen-bond acceptors (Lipinski definition) is 3. The van der Waals surface area contributed by atoms with Gasteiger partial charge in [0, 0.05) is 17.8 Å². The molecule has 1 amide bonds. The summed E-state index contributed by atoms with van der Waals surface area (Å²) < 4.78 is 34.2. The van der Waals surface area contributed by atoms with Crippen molar-refractivity contribution >= 4 is 11.6 Å². The normalized spacial score (nSPS) is 10.6. The fraction of sp³-hybridized carbons (Fsp3) is 0.0435. The number of methoxy groups -OCH3 is 1. The quantitative estimate of drug-likeness (QED) is 0.504. The van der Waals surface area contributed by atoms with Gasteiger partial charge >= 0.3 is 0 Å². The van der Waals surface area contributed by atoms with Crippen molar-refractivity contribution in [1.29, 1.82) is 0 Å². The van der Waals surface area contributed by atoms with Crippen LogP contribution in [0.4, 0.5) is 14.5 Å². The number of aromatic nitrogens is 2. The van der Waals surface area contributed by atoms with Crippen molar-refractivity contribution in [2.24, 2.45) is 0 Å². The molecule has 0 fully saturated rings. The molecular formula is C23H17F2N3O2. The van der Waals surface area contributed by atoms with Gasteiger partial charge in [-0.1, -0.05) is 18.2 Å². The molecule has 0 radical (unpaired) electrons. The van der Waals surface area contributed by atoms with E-state index in [4.69, 9.17) is 4.74 Å². The Kier molecular flexibility index (Phi) is 5.26. The molecule has 3 aromatic carbocycles. The highest BCUT2D eigenvalue weighted by Crippen LogP contribution is 2.27. The van der Waals surface area contributed by atoms with Gasteiger partial charge in [0.25, 0.3) is 5.91 Å². The van der Waals surface area contributed by atoms with E-state index in [9.17, 15) is 13.6 Å². The van der Waals surface area contributed by atoms with Crippen molar-refractivity contribution in [3.63, 3.8) is 0 Å². The molecule has 150 valence electrons. The predicted molar refractivity (Wildman–Crippen MR) is 110 cm³/mol. The van der Waals surface area contributed by atoms with Crippen LogP contribution in [0.5, 0.6) is 5.75 Å². The van der Waals surface area contributed by atoms with E-state index in [-0.39, 0.29) is 11.3 Å². The maximum Gasteiger partial charge on any atom is 0.259 e. The molecular weight excluding hydrogens is 388 g/mol. The van der Waals surface area contributed by atoms with E-state index in [1.807, 2.05) is 30.3 Å². The summed E-state index contributed by atoms with van der Waals surface area (Å²) in [6, 6.07) is 19.2. The zero-order valence-electron chi connectivity index (χ0n) is 16.0. The highest BCUT2D eigenvalue weighted by atomic mass is 19.1. The Bertz CT molecular complexity index is 1190. The molecule has 0 atom stereocenters. The number of carbonyl (C=O) groups excluding carboxylic acids is 1. The maximum atomic E-state index is 14.0. The number of halogens is 2. The fourth-order valence-electron chi connectivity index (χ4n) is 3.00. The first kappa shape index (κ1) is 19.3. The van der Waals surface area contributed by atoms with Crippen LogP contribution in [-0.2, 0) is 0 Å². The lowest BCUT2D eigenvalue weighted by molar-refractivity contribution is 0.102. The van der Waals surface area contributed by atoms with E-state index in [0.717, 1.165) is 23.9 Å². The second-order valence-corrected chi connectivity index (χ2v) is 6.48. The molecule has 30 heavy (non-hydrogen) atoms. The standard InChI is InChI=1S/C23H17F2N3O2/c1-30-18-10-7-15(8-11-18)22-19(14-28(27-22)17-5-3-2-4-6-17)23(29)26-21-13-16(24)9-12-20(21)25/h2-14H,1H3,(H,26,29). The van der Waals surface area contributed by atoms with Crippen molar-refractivity contribution in [3.05, 3.63) is 96.2 Å². The predicted octanol–water partition coefficient (Wildman–Crippen LogP) is 5.08. The molecule has 0 aliphatic carbocycles.